The van der Waals surface area contributed by atoms with Crippen molar-refractivity contribution >= 4 is 17.5 Å². The second kappa shape index (κ2) is 8.68. The molecule has 6 nitrogen and oxygen atoms in total. The molecule has 0 radical (unpaired) electrons. The number of nitrogens with one attached hydrogen (secondary N) is 1. The molecule has 1 unspecified atom stereocenters. The highest BCUT2D eigenvalue weighted by atomic mass is 16.2. The molecule has 3 heterocycles. The summed E-state index contributed by atoms with van der Waals surface area (Å²) in [4.78, 5) is 24.4. The third kappa shape index (κ3) is 4.27. The molecule has 2 saturated heterocycles. The Labute approximate surface area is 169 Å². The van der Waals surface area contributed by atoms with Crippen LogP contribution in [-0.2, 0) is 0 Å². The molecule has 1 saturated carbocycles. The van der Waals surface area contributed by atoms with E-state index in [1.54, 1.807) is 0 Å². The number of hydrogen-bond acceptors (Lipinski definition) is 4. The summed E-state index contributed by atoms with van der Waals surface area (Å²) in [6.07, 6.45) is 9.55. The normalized spacial score (nSPS) is 24.3. The van der Waals surface area contributed by atoms with Crippen molar-refractivity contribution in [2.75, 3.05) is 42.9 Å². The fourth-order valence-corrected chi connectivity index (χ4v) is 5.19. The number of carbonyl (C=O) groups is 1. The summed E-state index contributed by atoms with van der Waals surface area (Å²) < 4.78 is 0. The van der Waals surface area contributed by atoms with E-state index in [1.807, 2.05) is 23.2 Å². The Morgan fingerprint density at radius 2 is 1.82 bits per heavy atom. The van der Waals surface area contributed by atoms with Gasteiger partial charge in [-0.3, -0.25) is 4.90 Å². The van der Waals surface area contributed by atoms with Crippen molar-refractivity contribution < 1.29 is 4.79 Å². The van der Waals surface area contributed by atoms with Crippen molar-refractivity contribution in [1.82, 2.24) is 14.8 Å². The van der Waals surface area contributed by atoms with Gasteiger partial charge in [-0.1, -0.05) is 26.7 Å². The molecule has 0 spiro atoms. The molecule has 3 fully saturated rings. The Kier molecular flexibility index (Phi) is 6.04. The van der Waals surface area contributed by atoms with Gasteiger partial charge < -0.3 is 15.1 Å². The number of nitrogens with zero attached hydrogens (tertiary/aromatic N) is 4. The predicted octanol–water partition coefficient (Wildman–Crippen LogP) is 3.80. The Hall–Kier alpha value is -1.82. The van der Waals surface area contributed by atoms with E-state index in [4.69, 9.17) is 0 Å². The first-order valence-corrected chi connectivity index (χ1v) is 11.1. The second-order valence-electron chi connectivity index (χ2n) is 8.94. The molecule has 1 N–H and O–H groups in total. The zero-order chi connectivity index (χ0) is 19.5. The first kappa shape index (κ1) is 19.5. The highest BCUT2D eigenvalue weighted by molar-refractivity contribution is 5.90. The molecular weight excluding hydrogens is 350 g/mol. The average Bonchev–Trinajstić information content (AvgIpc) is 3.40. The smallest absolute Gasteiger partial charge is 0.322 e. The Bertz CT molecular complexity index is 665. The van der Waals surface area contributed by atoms with E-state index < -0.39 is 0 Å². The average molecular weight is 386 g/mol. The van der Waals surface area contributed by atoms with E-state index in [0.717, 1.165) is 63.1 Å². The van der Waals surface area contributed by atoms with Gasteiger partial charge in [-0.05, 0) is 37.7 Å². The lowest BCUT2D eigenvalue weighted by Gasteiger charge is -2.38. The van der Waals surface area contributed by atoms with E-state index in [0.29, 0.717) is 12.0 Å². The third-order valence-corrected chi connectivity index (χ3v) is 6.81. The van der Waals surface area contributed by atoms with Gasteiger partial charge in [0.05, 0.1) is 0 Å². The van der Waals surface area contributed by atoms with Crippen LogP contribution in [0.4, 0.5) is 16.3 Å². The van der Waals surface area contributed by atoms with Crippen molar-refractivity contribution in [3.63, 3.8) is 0 Å². The van der Waals surface area contributed by atoms with Crippen LogP contribution in [0.25, 0.3) is 0 Å². The lowest BCUT2D eigenvalue weighted by molar-refractivity contribution is 0.187. The zero-order valence-corrected chi connectivity index (χ0v) is 17.4. The van der Waals surface area contributed by atoms with Gasteiger partial charge in [0.15, 0.2) is 0 Å². The minimum absolute atomic E-state index is 0.0272. The van der Waals surface area contributed by atoms with E-state index in [9.17, 15) is 4.79 Å². The lowest BCUT2D eigenvalue weighted by atomic mass is 10.0. The van der Waals surface area contributed by atoms with Crippen LogP contribution in [0, 0.1) is 5.92 Å². The molecule has 0 bridgehead atoms. The van der Waals surface area contributed by atoms with Gasteiger partial charge in [0.25, 0.3) is 0 Å². The van der Waals surface area contributed by atoms with Gasteiger partial charge in [-0.25, -0.2) is 9.78 Å². The van der Waals surface area contributed by atoms with Gasteiger partial charge in [0.2, 0.25) is 0 Å². The first-order chi connectivity index (χ1) is 13.6. The molecule has 0 aromatic carbocycles. The molecule has 1 aromatic heterocycles. The van der Waals surface area contributed by atoms with E-state index in [-0.39, 0.29) is 6.03 Å². The van der Waals surface area contributed by atoms with Crippen molar-refractivity contribution in [2.45, 2.75) is 64.5 Å². The van der Waals surface area contributed by atoms with Crippen LogP contribution < -0.4 is 10.2 Å². The molecule has 1 atom stereocenters. The molecular formula is C22H35N5O. The van der Waals surface area contributed by atoms with Crippen LogP contribution in [0.3, 0.4) is 0 Å². The predicted molar refractivity (Wildman–Crippen MR) is 114 cm³/mol. The molecule has 6 heteroatoms. The molecule has 4 rings (SSSR count). The summed E-state index contributed by atoms with van der Waals surface area (Å²) in [5, 5.41) is 3.11. The number of pyridine rings is 1. The monoisotopic (exact) mass is 385 g/mol. The molecule has 28 heavy (non-hydrogen) atoms. The molecule has 2 aliphatic heterocycles. The molecule has 1 aromatic rings. The van der Waals surface area contributed by atoms with Crippen molar-refractivity contribution in [3.8, 4) is 0 Å². The summed E-state index contributed by atoms with van der Waals surface area (Å²) in [6, 6.07) is 5.11. The number of likely N-dealkylation sites (tertiary alicyclic amines) is 1. The zero-order valence-electron chi connectivity index (χ0n) is 17.4. The molecule has 3 aliphatic rings. The van der Waals surface area contributed by atoms with Crippen molar-refractivity contribution in [1.29, 1.82) is 0 Å². The van der Waals surface area contributed by atoms with Crippen LogP contribution in [0.1, 0.15) is 52.4 Å². The molecule has 2 amide bonds. The fourth-order valence-electron chi connectivity index (χ4n) is 5.19. The first-order valence-electron chi connectivity index (χ1n) is 11.1. The maximum atomic E-state index is 12.8. The van der Waals surface area contributed by atoms with Gasteiger partial charge in [-0.2, -0.15) is 0 Å². The van der Waals surface area contributed by atoms with Crippen LogP contribution in [0.2, 0.25) is 0 Å². The summed E-state index contributed by atoms with van der Waals surface area (Å²) in [5.41, 5.74) is 0.850. The SMILES string of the molecule is CC(C)C1CCCN1C(=O)Nc1ccnc(N2CCN(C3CCCC3)CC2)c1. The summed E-state index contributed by atoms with van der Waals surface area (Å²) in [5.74, 6) is 1.48. The summed E-state index contributed by atoms with van der Waals surface area (Å²) in [7, 11) is 0. The standard InChI is InChI=1S/C22H35N5O/c1-17(2)20-8-5-11-27(20)22(28)24-18-9-10-23-21(16-18)26-14-12-25(13-15-26)19-6-3-4-7-19/h9-10,16-17,19-20H,3-8,11-15H2,1-2H3,(H,23,24,28). The highest BCUT2D eigenvalue weighted by Gasteiger charge is 2.31. The number of hydrogen-bond donors (Lipinski definition) is 1. The second-order valence-corrected chi connectivity index (χ2v) is 8.94. The number of urea groups is 1. The largest absolute Gasteiger partial charge is 0.354 e. The minimum Gasteiger partial charge on any atom is -0.354 e. The van der Waals surface area contributed by atoms with Crippen LogP contribution in [0.5, 0.6) is 0 Å². The Morgan fingerprint density at radius 1 is 1.07 bits per heavy atom. The lowest BCUT2D eigenvalue weighted by Crippen LogP contribution is -2.50. The van der Waals surface area contributed by atoms with E-state index >= 15 is 0 Å². The number of aromatic nitrogens is 1. The van der Waals surface area contributed by atoms with Crippen LogP contribution in [0.15, 0.2) is 18.3 Å². The van der Waals surface area contributed by atoms with Gasteiger partial charge in [0.1, 0.15) is 5.82 Å². The number of carbonyl (C=O) groups excluding carboxylic acids is 1. The van der Waals surface area contributed by atoms with Gasteiger partial charge >= 0.3 is 6.03 Å². The maximum Gasteiger partial charge on any atom is 0.322 e. The number of rotatable bonds is 4. The van der Waals surface area contributed by atoms with E-state index in [1.165, 1.54) is 25.7 Å². The van der Waals surface area contributed by atoms with E-state index in [2.05, 4.69) is 33.9 Å². The minimum atomic E-state index is 0.0272. The topological polar surface area (TPSA) is 51.7 Å². The third-order valence-electron chi connectivity index (χ3n) is 6.81. The molecule has 1 aliphatic carbocycles. The van der Waals surface area contributed by atoms with Crippen LogP contribution in [-0.4, -0.2) is 65.6 Å². The number of amides is 2. The van der Waals surface area contributed by atoms with Crippen molar-refractivity contribution in [2.24, 2.45) is 5.92 Å². The highest BCUT2D eigenvalue weighted by Crippen LogP contribution is 2.27. The van der Waals surface area contributed by atoms with Gasteiger partial charge in [-0.15, -0.1) is 0 Å². The maximum absolute atomic E-state index is 12.8. The summed E-state index contributed by atoms with van der Waals surface area (Å²) >= 11 is 0. The summed E-state index contributed by atoms with van der Waals surface area (Å²) in [6.45, 7) is 9.53. The number of anilines is 2. The van der Waals surface area contributed by atoms with Crippen LogP contribution >= 0.6 is 0 Å². The Balaban J connectivity index is 1.35. The number of piperazine rings is 1. The molecule has 154 valence electrons. The van der Waals surface area contributed by atoms with Crippen molar-refractivity contribution in [3.05, 3.63) is 18.3 Å². The quantitative estimate of drug-likeness (QED) is 0.857. The Morgan fingerprint density at radius 3 is 2.54 bits per heavy atom. The fraction of sp³-hybridized carbons (Fsp3) is 0.727. The van der Waals surface area contributed by atoms with Gasteiger partial charge in [0, 0.05) is 62.8 Å².